The number of pyridine rings is 1. The summed E-state index contributed by atoms with van der Waals surface area (Å²) in [5.41, 5.74) is 0. The average molecular weight is 239 g/mol. The standard InChI is InChI=1S/C11H14FN3O2/c12-9-2-1-3-10(14-9)15-11(16)6-8-7-13-4-5-17-8/h1-3,8,13H,4-7H2,(H,14,15,16). The van der Waals surface area contributed by atoms with Crippen molar-refractivity contribution in [2.24, 2.45) is 0 Å². The normalized spacial score (nSPS) is 19.9. The summed E-state index contributed by atoms with van der Waals surface area (Å²) in [7, 11) is 0. The van der Waals surface area contributed by atoms with E-state index in [0.29, 0.717) is 13.2 Å². The van der Waals surface area contributed by atoms with Crippen LogP contribution in [0, 0.1) is 5.95 Å². The number of morpholine rings is 1. The van der Waals surface area contributed by atoms with Gasteiger partial charge in [0.15, 0.2) is 0 Å². The summed E-state index contributed by atoms with van der Waals surface area (Å²) in [4.78, 5) is 15.2. The summed E-state index contributed by atoms with van der Waals surface area (Å²) in [6, 6.07) is 4.27. The predicted molar refractivity (Wildman–Crippen MR) is 60.1 cm³/mol. The molecule has 1 atom stereocenters. The lowest BCUT2D eigenvalue weighted by molar-refractivity contribution is -0.119. The molecule has 1 aliphatic rings. The maximum atomic E-state index is 12.8. The number of halogens is 1. The van der Waals surface area contributed by atoms with Crippen LogP contribution in [0.2, 0.25) is 0 Å². The third-order valence-electron chi connectivity index (χ3n) is 2.40. The molecule has 0 aliphatic carbocycles. The van der Waals surface area contributed by atoms with Crippen molar-refractivity contribution in [3.63, 3.8) is 0 Å². The molecule has 0 saturated carbocycles. The van der Waals surface area contributed by atoms with Gasteiger partial charge in [-0.15, -0.1) is 0 Å². The number of carbonyl (C=O) groups is 1. The van der Waals surface area contributed by atoms with Crippen molar-refractivity contribution in [2.75, 3.05) is 25.0 Å². The lowest BCUT2D eigenvalue weighted by atomic mass is 10.2. The van der Waals surface area contributed by atoms with Gasteiger partial charge in [-0.3, -0.25) is 4.79 Å². The van der Waals surface area contributed by atoms with Gasteiger partial charge in [-0.2, -0.15) is 4.39 Å². The molecule has 1 fully saturated rings. The van der Waals surface area contributed by atoms with Gasteiger partial charge in [0, 0.05) is 13.1 Å². The molecule has 1 aromatic rings. The Morgan fingerprint density at radius 3 is 3.24 bits per heavy atom. The minimum atomic E-state index is -0.613. The van der Waals surface area contributed by atoms with Gasteiger partial charge < -0.3 is 15.4 Å². The van der Waals surface area contributed by atoms with E-state index in [1.807, 2.05) is 0 Å². The van der Waals surface area contributed by atoms with Crippen molar-refractivity contribution >= 4 is 11.7 Å². The zero-order valence-electron chi connectivity index (χ0n) is 9.28. The zero-order chi connectivity index (χ0) is 12.1. The Hall–Kier alpha value is -1.53. The molecular formula is C11H14FN3O2. The molecule has 1 saturated heterocycles. The van der Waals surface area contributed by atoms with Crippen LogP contribution in [0.25, 0.3) is 0 Å². The summed E-state index contributed by atoms with van der Waals surface area (Å²) in [6.45, 7) is 2.07. The van der Waals surface area contributed by atoms with Gasteiger partial charge >= 0.3 is 0 Å². The summed E-state index contributed by atoms with van der Waals surface area (Å²) in [5, 5.41) is 5.66. The van der Waals surface area contributed by atoms with Crippen LogP contribution < -0.4 is 10.6 Å². The highest BCUT2D eigenvalue weighted by molar-refractivity contribution is 5.90. The van der Waals surface area contributed by atoms with Gasteiger partial charge in [0.25, 0.3) is 0 Å². The second kappa shape index (κ2) is 5.70. The molecule has 5 nitrogen and oxygen atoms in total. The minimum Gasteiger partial charge on any atom is -0.375 e. The lowest BCUT2D eigenvalue weighted by Gasteiger charge is -2.22. The molecule has 2 N–H and O–H groups in total. The molecule has 0 radical (unpaired) electrons. The average Bonchev–Trinajstić information content (AvgIpc) is 2.30. The number of hydrogen-bond acceptors (Lipinski definition) is 4. The first-order valence-corrected chi connectivity index (χ1v) is 5.49. The number of hydrogen-bond donors (Lipinski definition) is 2. The van der Waals surface area contributed by atoms with E-state index >= 15 is 0 Å². The Labute approximate surface area is 98.4 Å². The van der Waals surface area contributed by atoms with Crippen LogP contribution in [0.1, 0.15) is 6.42 Å². The molecule has 6 heteroatoms. The smallest absolute Gasteiger partial charge is 0.228 e. The van der Waals surface area contributed by atoms with Crippen molar-refractivity contribution in [3.8, 4) is 0 Å². The van der Waals surface area contributed by atoms with Crippen LogP contribution in [0.5, 0.6) is 0 Å². The van der Waals surface area contributed by atoms with E-state index in [0.717, 1.165) is 6.54 Å². The van der Waals surface area contributed by atoms with Crippen LogP contribution in [0.15, 0.2) is 18.2 Å². The fourth-order valence-electron chi connectivity index (χ4n) is 1.63. The number of nitrogens with zero attached hydrogens (tertiary/aromatic N) is 1. The molecule has 2 heterocycles. The minimum absolute atomic E-state index is 0.127. The van der Waals surface area contributed by atoms with E-state index in [1.54, 1.807) is 6.07 Å². The number of nitrogens with one attached hydrogen (secondary N) is 2. The van der Waals surface area contributed by atoms with E-state index in [9.17, 15) is 9.18 Å². The van der Waals surface area contributed by atoms with E-state index < -0.39 is 5.95 Å². The Morgan fingerprint density at radius 2 is 2.53 bits per heavy atom. The van der Waals surface area contributed by atoms with Gasteiger partial charge in [-0.25, -0.2) is 4.98 Å². The molecule has 17 heavy (non-hydrogen) atoms. The first-order chi connectivity index (χ1) is 8.24. The Morgan fingerprint density at radius 1 is 1.65 bits per heavy atom. The van der Waals surface area contributed by atoms with Crippen molar-refractivity contribution in [2.45, 2.75) is 12.5 Å². The lowest BCUT2D eigenvalue weighted by Crippen LogP contribution is -2.40. The second-order valence-corrected chi connectivity index (χ2v) is 3.79. The van der Waals surface area contributed by atoms with E-state index in [1.165, 1.54) is 12.1 Å². The molecule has 0 bridgehead atoms. The Bertz CT molecular complexity index is 394. The molecule has 92 valence electrons. The van der Waals surface area contributed by atoms with E-state index in [-0.39, 0.29) is 24.2 Å². The van der Waals surface area contributed by atoms with Crippen LogP contribution in [0.3, 0.4) is 0 Å². The van der Waals surface area contributed by atoms with Crippen LogP contribution in [-0.4, -0.2) is 36.7 Å². The third-order valence-corrected chi connectivity index (χ3v) is 2.40. The fraction of sp³-hybridized carbons (Fsp3) is 0.455. The Kier molecular flexibility index (Phi) is 4.00. The quantitative estimate of drug-likeness (QED) is 0.756. The first kappa shape index (κ1) is 11.9. The summed E-state index contributed by atoms with van der Waals surface area (Å²) in [6.07, 6.45) is 0.114. The van der Waals surface area contributed by atoms with Gasteiger partial charge in [-0.1, -0.05) is 6.07 Å². The number of aromatic nitrogens is 1. The number of anilines is 1. The van der Waals surface area contributed by atoms with E-state index in [4.69, 9.17) is 4.74 Å². The molecule has 0 aromatic carbocycles. The zero-order valence-corrected chi connectivity index (χ0v) is 9.28. The fourth-order valence-corrected chi connectivity index (χ4v) is 1.63. The monoisotopic (exact) mass is 239 g/mol. The highest BCUT2D eigenvalue weighted by atomic mass is 19.1. The third kappa shape index (κ3) is 3.76. The van der Waals surface area contributed by atoms with Gasteiger partial charge in [0.05, 0.1) is 19.1 Å². The summed E-state index contributed by atoms with van der Waals surface area (Å²) >= 11 is 0. The number of rotatable bonds is 3. The van der Waals surface area contributed by atoms with Crippen molar-refractivity contribution < 1.29 is 13.9 Å². The Balaban J connectivity index is 1.84. The van der Waals surface area contributed by atoms with E-state index in [2.05, 4.69) is 15.6 Å². The van der Waals surface area contributed by atoms with Gasteiger partial charge in [-0.05, 0) is 12.1 Å². The first-order valence-electron chi connectivity index (χ1n) is 5.49. The highest BCUT2D eigenvalue weighted by Crippen LogP contribution is 2.07. The SMILES string of the molecule is O=C(CC1CNCCO1)Nc1cccc(F)n1. The summed E-state index contributed by atoms with van der Waals surface area (Å²) in [5.74, 6) is -0.617. The molecule has 1 aliphatic heterocycles. The van der Waals surface area contributed by atoms with Crippen LogP contribution in [0.4, 0.5) is 10.2 Å². The molecule has 0 spiro atoms. The predicted octanol–water partition coefficient (Wildman–Crippen LogP) is 0.538. The van der Waals surface area contributed by atoms with Gasteiger partial charge in [0.1, 0.15) is 5.82 Å². The molecule has 2 rings (SSSR count). The van der Waals surface area contributed by atoms with Gasteiger partial charge in [0.2, 0.25) is 11.9 Å². The van der Waals surface area contributed by atoms with Crippen molar-refractivity contribution in [1.29, 1.82) is 0 Å². The van der Waals surface area contributed by atoms with Crippen LogP contribution >= 0.6 is 0 Å². The number of carbonyl (C=O) groups excluding carboxylic acids is 1. The number of ether oxygens (including phenoxy) is 1. The molecule has 1 amide bonds. The summed E-state index contributed by atoms with van der Waals surface area (Å²) < 4.78 is 18.2. The maximum Gasteiger partial charge on any atom is 0.228 e. The molecule has 1 unspecified atom stereocenters. The number of amides is 1. The largest absolute Gasteiger partial charge is 0.375 e. The van der Waals surface area contributed by atoms with Crippen LogP contribution in [-0.2, 0) is 9.53 Å². The maximum absolute atomic E-state index is 12.8. The van der Waals surface area contributed by atoms with Crippen molar-refractivity contribution in [1.82, 2.24) is 10.3 Å². The molecular weight excluding hydrogens is 225 g/mol. The molecule has 1 aromatic heterocycles. The second-order valence-electron chi connectivity index (χ2n) is 3.79. The van der Waals surface area contributed by atoms with Crippen molar-refractivity contribution in [3.05, 3.63) is 24.1 Å². The topological polar surface area (TPSA) is 63.2 Å². The highest BCUT2D eigenvalue weighted by Gasteiger charge is 2.17.